The van der Waals surface area contributed by atoms with Crippen molar-refractivity contribution in [2.75, 3.05) is 39.8 Å². The third kappa shape index (κ3) is 3.21. The molecule has 1 saturated heterocycles. The molecule has 2 aliphatic rings. The van der Waals surface area contributed by atoms with Gasteiger partial charge in [0.05, 0.1) is 0 Å². The Labute approximate surface area is 107 Å². The number of likely N-dealkylation sites (N-methyl/N-ethyl adjacent to an activating group) is 1. The lowest BCUT2D eigenvalue weighted by molar-refractivity contribution is 0.00666. The van der Waals surface area contributed by atoms with Crippen LogP contribution in [0, 0.1) is 5.92 Å². The molecule has 1 N–H and O–H groups in total. The lowest BCUT2D eigenvalue weighted by Gasteiger charge is -2.49. The quantitative estimate of drug-likeness (QED) is 0.732. The van der Waals surface area contributed by atoms with Gasteiger partial charge in [-0.1, -0.05) is 6.92 Å². The van der Waals surface area contributed by atoms with Crippen LogP contribution in [0.2, 0.25) is 0 Å². The fourth-order valence-electron chi connectivity index (χ4n) is 3.11. The molecule has 2 rings (SSSR count). The van der Waals surface area contributed by atoms with Crippen molar-refractivity contribution >= 4 is 0 Å². The zero-order chi connectivity index (χ0) is 12.3. The fourth-order valence-corrected chi connectivity index (χ4v) is 3.11. The van der Waals surface area contributed by atoms with Crippen LogP contribution in [0.25, 0.3) is 0 Å². The predicted octanol–water partition coefficient (Wildman–Crippen LogP) is 1.40. The molecule has 3 nitrogen and oxygen atoms in total. The topological polar surface area (TPSA) is 18.5 Å². The van der Waals surface area contributed by atoms with Crippen LogP contribution in [0.15, 0.2) is 0 Å². The summed E-state index contributed by atoms with van der Waals surface area (Å²) in [6.07, 6.45) is 4.11. The Morgan fingerprint density at radius 2 is 2.06 bits per heavy atom. The molecule has 100 valence electrons. The lowest BCUT2D eigenvalue weighted by atomic mass is 9.78. The van der Waals surface area contributed by atoms with Gasteiger partial charge in [0.2, 0.25) is 0 Å². The average Bonchev–Trinajstić information content (AvgIpc) is 2.28. The summed E-state index contributed by atoms with van der Waals surface area (Å²) in [5.74, 6) is 0.914. The van der Waals surface area contributed by atoms with Crippen molar-refractivity contribution in [3.8, 4) is 0 Å². The molecular formula is C14H29N3. The highest BCUT2D eigenvalue weighted by Gasteiger charge is 2.37. The Morgan fingerprint density at radius 1 is 1.24 bits per heavy atom. The van der Waals surface area contributed by atoms with E-state index < -0.39 is 0 Å². The van der Waals surface area contributed by atoms with E-state index in [2.05, 4.69) is 36.0 Å². The average molecular weight is 239 g/mol. The van der Waals surface area contributed by atoms with Crippen molar-refractivity contribution in [2.24, 2.45) is 5.92 Å². The number of hydrogen-bond acceptors (Lipinski definition) is 3. The predicted molar refractivity (Wildman–Crippen MR) is 73.3 cm³/mol. The van der Waals surface area contributed by atoms with E-state index in [1.807, 2.05) is 0 Å². The molecule has 1 saturated carbocycles. The molecular weight excluding hydrogens is 210 g/mol. The fraction of sp³-hybridized carbons (Fsp3) is 1.00. The summed E-state index contributed by atoms with van der Waals surface area (Å²) in [6.45, 7) is 10.8. The molecule has 0 bridgehead atoms. The lowest BCUT2D eigenvalue weighted by Crippen LogP contribution is -2.58. The summed E-state index contributed by atoms with van der Waals surface area (Å²) >= 11 is 0. The van der Waals surface area contributed by atoms with Crippen molar-refractivity contribution in [1.29, 1.82) is 0 Å². The van der Waals surface area contributed by atoms with Crippen LogP contribution in [0.3, 0.4) is 0 Å². The van der Waals surface area contributed by atoms with E-state index in [1.54, 1.807) is 0 Å². The Balaban J connectivity index is 1.74. The zero-order valence-electron chi connectivity index (χ0n) is 11.8. The summed E-state index contributed by atoms with van der Waals surface area (Å²) in [5.41, 5.74) is 0. The Kier molecular flexibility index (Phi) is 4.83. The van der Waals surface area contributed by atoms with Crippen molar-refractivity contribution in [1.82, 2.24) is 15.1 Å². The van der Waals surface area contributed by atoms with Crippen molar-refractivity contribution in [2.45, 2.75) is 45.2 Å². The largest absolute Gasteiger partial charge is 0.316 e. The molecule has 1 aliphatic heterocycles. The van der Waals surface area contributed by atoms with Gasteiger partial charge in [-0.15, -0.1) is 0 Å². The van der Waals surface area contributed by atoms with Gasteiger partial charge in [0, 0.05) is 31.7 Å². The second kappa shape index (κ2) is 6.17. The van der Waals surface area contributed by atoms with Crippen LogP contribution in [-0.2, 0) is 0 Å². The molecule has 3 unspecified atom stereocenters. The van der Waals surface area contributed by atoms with Gasteiger partial charge in [-0.25, -0.2) is 0 Å². The second-order valence-corrected chi connectivity index (χ2v) is 5.93. The Morgan fingerprint density at radius 3 is 2.65 bits per heavy atom. The van der Waals surface area contributed by atoms with Crippen LogP contribution >= 0.6 is 0 Å². The van der Waals surface area contributed by atoms with Crippen molar-refractivity contribution in [3.05, 3.63) is 0 Å². The van der Waals surface area contributed by atoms with E-state index in [4.69, 9.17) is 0 Å². The summed E-state index contributed by atoms with van der Waals surface area (Å²) in [7, 11) is 2.25. The monoisotopic (exact) mass is 239 g/mol. The van der Waals surface area contributed by atoms with Gasteiger partial charge in [0.1, 0.15) is 0 Å². The summed E-state index contributed by atoms with van der Waals surface area (Å²) in [4.78, 5) is 5.23. The Hall–Kier alpha value is -0.120. The highest BCUT2D eigenvalue weighted by atomic mass is 15.3. The molecule has 1 aliphatic carbocycles. The number of piperazine rings is 1. The summed E-state index contributed by atoms with van der Waals surface area (Å²) in [6, 6.07) is 1.60. The minimum absolute atomic E-state index is 0.730. The number of hydrogen-bond donors (Lipinski definition) is 1. The first-order valence-electron chi connectivity index (χ1n) is 7.37. The molecule has 0 amide bonds. The van der Waals surface area contributed by atoms with E-state index in [0.717, 1.165) is 18.0 Å². The van der Waals surface area contributed by atoms with Crippen LogP contribution in [-0.4, -0.2) is 61.7 Å². The molecule has 3 heteroatoms. The highest BCUT2D eigenvalue weighted by molar-refractivity contribution is 4.93. The molecule has 2 fully saturated rings. The first-order chi connectivity index (χ1) is 8.22. The molecule has 17 heavy (non-hydrogen) atoms. The molecule has 0 aromatic heterocycles. The third-order valence-corrected chi connectivity index (χ3v) is 4.67. The summed E-state index contributed by atoms with van der Waals surface area (Å²) in [5, 5.41) is 3.59. The van der Waals surface area contributed by atoms with E-state index in [-0.39, 0.29) is 0 Å². The van der Waals surface area contributed by atoms with E-state index >= 15 is 0 Å². The minimum Gasteiger partial charge on any atom is -0.316 e. The van der Waals surface area contributed by atoms with Gasteiger partial charge in [-0.3, -0.25) is 4.90 Å². The van der Waals surface area contributed by atoms with Crippen LogP contribution in [0.4, 0.5) is 0 Å². The number of nitrogens with one attached hydrogen (secondary N) is 1. The van der Waals surface area contributed by atoms with Gasteiger partial charge in [-0.05, 0) is 52.2 Å². The molecule has 0 radical (unpaired) electrons. The van der Waals surface area contributed by atoms with Crippen LogP contribution in [0.5, 0.6) is 0 Å². The number of nitrogens with zero attached hydrogens (tertiary/aromatic N) is 2. The molecule has 0 aromatic rings. The third-order valence-electron chi connectivity index (χ3n) is 4.67. The van der Waals surface area contributed by atoms with Gasteiger partial charge in [0.25, 0.3) is 0 Å². The molecule has 1 heterocycles. The van der Waals surface area contributed by atoms with Gasteiger partial charge < -0.3 is 10.2 Å². The second-order valence-electron chi connectivity index (χ2n) is 5.93. The smallest absolute Gasteiger partial charge is 0.0192 e. The van der Waals surface area contributed by atoms with Gasteiger partial charge in [0.15, 0.2) is 0 Å². The minimum atomic E-state index is 0.730. The van der Waals surface area contributed by atoms with Crippen molar-refractivity contribution in [3.63, 3.8) is 0 Å². The first kappa shape index (κ1) is 13.3. The van der Waals surface area contributed by atoms with Gasteiger partial charge in [-0.2, -0.15) is 0 Å². The van der Waals surface area contributed by atoms with Crippen LogP contribution in [0.1, 0.15) is 33.1 Å². The van der Waals surface area contributed by atoms with E-state index in [1.165, 1.54) is 52.0 Å². The Bertz CT molecular complexity index is 232. The maximum atomic E-state index is 3.59. The normalized spacial score (nSPS) is 35.8. The SMILES string of the molecule is CCCNCC1CCC1N1CCN(C)C(C)C1. The number of rotatable bonds is 5. The maximum absolute atomic E-state index is 3.59. The van der Waals surface area contributed by atoms with E-state index in [0.29, 0.717) is 0 Å². The van der Waals surface area contributed by atoms with Crippen molar-refractivity contribution < 1.29 is 0 Å². The molecule has 3 atom stereocenters. The summed E-state index contributed by atoms with van der Waals surface area (Å²) < 4.78 is 0. The van der Waals surface area contributed by atoms with Gasteiger partial charge >= 0.3 is 0 Å². The molecule has 0 aromatic carbocycles. The molecule has 0 spiro atoms. The first-order valence-corrected chi connectivity index (χ1v) is 7.37. The van der Waals surface area contributed by atoms with E-state index in [9.17, 15) is 0 Å². The standard InChI is InChI=1S/C14H29N3/c1-4-7-15-10-13-5-6-14(13)17-9-8-16(3)12(2)11-17/h12-15H,4-11H2,1-3H3. The van der Waals surface area contributed by atoms with Crippen LogP contribution < -0.4 is 5.32 Å². The maximum Gasteiger partial charge on any atom is 0.0192 e. The zero-order valence-corrected chi connectivity index (χ0v) is 11.8. The highest BCUT2D eigenvalue weighted by Crippen LogP contribution is 2.32.